The summed E-state index contributed by atoms with van der Waals surface area (Å²) < 4.78 is 5.86. The number of likely N-dealkylation sites (tertiary alicyclic amines) is 1. The molecule has 2 atom stereocenters. The van der Waals surface area contributed by atoms with Crippen LogP contribution >= 0.6 is 0 Å². The minimum Gasteiger partial charge on any atom is -0.376 e. The SMILES string of the molecule is Cc1ccccc1[C@]1(CC(=O)N(CC2CCC2)C[C@@H]2CCCO2)CC(=O)N(Cc2cccnc2)C1=O. The van der Waals surface area contributed by atoms with Gasteiger partial charge in [-0.25, -0.2) is 0 Å². The fourth-order valence-electron chi connectivity index (χ4n) is 5.86. The van der Waals surface area contributed by atoms with Crippen LogP contribution in [-0.2, 0) is 31.1 Å². The van der Waals surface area contributed by atoms with Crippen molar-refractivity contribution in [1.82, 2.24) is 14.8 Å². The van der Waals surface area contributed by atoms with Gasteiger partial charge >= 0.3 is 0 Å². The standard InChI is InChI=1S/C29H35N3O4/c1-21-7-2-3-12-25(21)29(16-27(34)32(28(29)35)19-23-10-5-13-30-17-23)15-26(33)31(18-22-8-4-9-22)20-24-11-6-14-36-24/h2-3,5,7,10,12-13,17,22,24H,4,6,8-9,11,14-16,18-20H2,1H3/t24-,29-/m0/s1. The average Bonchev–Trinajstić information content (AvgIpc) is 3.44. The molecule has 0 N–H and O–H groups in total. The number of imide groups is 1. The maximum absolute atomic E-state index is 14.1. The predicted molar refractivity (Wildman–Crippen MR) is 135 cm³/mol. The molecule has 3 heterocycles. The summed E-state index contributed by atoms with van der Waals surface area (Å²) in [4.78, 5) is 48.7. The average molecular weight is 490 g/mol. The number of aromatic nitrogens is 1. The monoisotopic (exact) mass is 489 g/mol. The minimum absolute atomic E-state index is 0.000113. The summed E-state index contributed by atoms with van der Waals surface area (Å²) in [7, 11) is 0. The van der Waals surface area contributed by atoms with E-state index in [0.29, 0.717) is 19.0 Å². The van der Waals surface area contributed by atoms with Gasteiger partial charge in [0.15, 0.2) is 0 Å². The normalized spacial score (nSPS) is 24.2. The van der Waals surface area contributed by atoms with E-state index in [1.807, 2.05) is 42.2 Å². The van der Waals surface area contributed by atoms with Gasteiger partial charge in [-0.05, 0) is 61.3 Å². The fraction of sp³-hybridized carbons (Fsp3) is 0.517. The molecule has 2 saturated heterocycles. The summed E-state index contributed by atoms with van der Waals surface area (Å²) in [5.74, 6) is -0.0953. The van der Waals surface area contributed by atoms with Crippen molar-refractivity contribution in [3.05, 3.63) is 65.5 Å². The van der Waals surface area contributed by atoms with Crippen molar-refractivity contribution in [2.75, 3.05) is 19.7 Å². The molecular formula is C29H35N3O4. The van der Waals surface area contributed by atoms with Crippen LogP contribution in [0.25, 0.3) is 0 Å². The van der Waals surface area contributed by atoms with Crippen molar-refractivity contribution >= 4 is 17.7 Å². The van der Waals surface area contributed by atoms with Crippen LogP contribution in [0.5, 0.6) is 0 Å². The summed E-state index contributed by atoms with van der Waals surface area (Å²) in [6.45, 7) is 4.10. The molecule has 2 aromatic rings. The lowest BCUT2D eigenvalue weighted by Crippen LogP contribution is -2.47. The molecule has 1 saturated carbocycles. The smallest absolute Gasteiger partial charge is 0.241 e. The van der Waals surface area contributed by atoms with Crippen LogP contribution in [-0.4, -0.2) is 58.3 Å². The summed E-state index contributed by atoms with van der Waals surface area (Å²) in [6, 6.07) is 11.3. The van der Waals surface area contributed by atoms with Crippen molar-refractivity contribution in [3.63, 3.8) is 0 Å². The number of hydrogen-bond donors (Lipinski definition) is 0. The third-order valence-electron chi connectivity index (χ3n) is 8.09. The van der Waals surface area contributed by atoms with E-state index in [1.165, 1.54) is 11.3 Å². The highest BCUT2D eigenvalue weighted by Crippen LogP contribution is 2.42. The molecule has 0 spiro atoms. The third-order valence-corrected chi connectivity index (χ3v) is 8.09. The van der Waals surface area contributed by atoms with E-state index in [0.717, 1.165) is 49.0 Å². The van der Waals surface area contributed by atoms with Crippen LogP contribution in [0.1, 0.15) is 61.6 Å². The van der Waals surface area contributed by atoms with Crippen molar-refractivity contribution in [2.45, 2.75) is 69.9 Å². The Morgan fingerprint density at radius 1 is 1.11 bits per heavy atom. The molecule has 0 unspecified atom stereocenters. The fourth-order valence-corrected chi connectivity index (χ4v) is 5.86. The van der Waals surface area contributed by atoms with Crippen molar-refractivity contribution in [2.24, 2.45) is 5.92 Å². The molecule has 2 aliphatic heterocycles. The number of rotatable bonds is 9. The molecule has 5 rings (SSSR count). The molecule has 1 aromatic carbocycles. The lowest BCUT2D eigenvalue weighted by atomic mass is 9.73. The maximum Gasteiger partial charge on any atom is 0.241 e. The Balaban J connectivity index is 1.45. The number of hydrogen-bond acceptors (Lipinski definition) is 5. The zero-order chi connectivity index (χ0) is 25.1. The first-order chi connectivity index (χ1) is 17.5. The maximum atomic E-state index is 14.1. The van der Waals surface area contributed by atoms with E-state index in [4.69, 9.17) is 4.74 Å². The van der Waals surface area contributed by atoms with Crippen molar-refractivity contribution in [1.29, 1.82) is 0 Å². The molecule has 3 aliphatic rings. The lowest BCUT2D eigenvalue weighted by Gasteiger charge is -2.36. The molecule has 0 bridgehead atoms. The Morgan fingerprint density at radius 3 is 2.61 bits per heavy atom. The van der Waals surface area contributed by atoms with Gasteiger partial charge in [0, 0.05) is 44.9 Å². The first-order valence-electron chi connectivity index (χ1n) is 13.2. The first-order valence-corrected chi connectivity index (χ1v) is 13.2. The summed E-state index contributed by atoms with van der Waals surface area (Å²) in [5.41, 5.74) is 1.28. The molecular weight excluding hydrogens is 454 g/mol. The third kappa shape index (κ3) is 4.94. The van der Waals surface area contributed by atoms with E-state index in [2.05, 4.69) is 4.98 Å². The molecule has 1 aliphatic carbocycles. The van der Waals surface area contributed by atoms with E-state index >= 15 is 0 Å². The van der Waals surface area contributed by atoms with Gasteiger partial charge in [0.2, 0.25) is 17.7 Å². The van der Waals surface area contributed by atoms with Gasteiger partial charge < -0.3 is 9.64 Å². The molecule has 3 amide bonds. The number of pyridine rings is 1. The van der Waals surface area contributed by atoms with Gasteiger partial charge in [-0.1, -0.05) is 36.8 Å². The van der Waals surface area contributed by atoms with Crippen molar-refractivity contribution in [3.8, 4) is 0 Å². The number of carbonyl (C=O) groups is 3. The number of amides is 3. The highest BCUT2D eigenvalue weighted by molar-refractivity contribution is 6.10. The molecule has 7 nitrogen and oxygen atoms in total. The lowest BCUT2D eigenvalue weighted by molar-refractivity contribution is -0.144. The number of benzene rings is 1. The molecule has 0 radical (unpaired) electrons. The van der Waals surface area contributed by atoms with Gasteiger partial charge in [-0.3, -0.25) is 24.3 Å². The van der Waals surface area contributed by atoms with Crippen LogP contribution in [0.3, 0.4) is 0 Å². The molecule has 3 fully saturated rings. The first kappa shape index (κ1) is 24.6. The van der Waals surface area contributed by atoms with Crippen LogP contribution in [0.2, 0.25) is 0 Å². The molecule has 36 heavy (non-hydrogen) atoms. The highest BCUT2D eigenvalue weighted by atomic mass is 16.5. The molecule has 190 valence electrons. The van der Waals surface area contributed by atoms with Gasteiger partial charge in [-0.2, -0.15) is 0 Å². The predicted octanol–water partition coefficient (Wildman–Crippen LogP) is 3.78. The van der Waals surface area contributed by atoms with Gasteiger partial charge in [0.05, 0.1) is 18.1 Å². The van der Waals surface area contributed by atoms with Crippen LogP contribution in [0, 0.1) is 12.8 Å². The van der Waals surface area contributed by atoms with Gasteiger partial charge in [0.1, 0.15) is 0 Å². The second kappa shape index (κ2) is 10.5. The Labute approximate surface area is 212 Å². The second-order valence-electron chi connectivity index (χ2n) is 10.6. The zero-order valence-electron chi connectivity index (χ0n) is 21.0. The van der Waals surface area contributed by atoms with Gasteiger partial charge in [-0.15, -0.1) is 0 Å². The Bertz CT molecular complexity index is 1110. The molecule has 7 heteroatoms. The number of nitrogens with zero attached hydrogens (tertiary/aromatic N) is 3. The Morgan fingerprint density at radius 2 is 1.94 bits per heavy atom. The zero-order valence-corrected chi connectivity index (χ0v) is 21.0. The summed E-state index contributed by atoms with van der Waals surface area (Å²) in [5, 5.41) is 0. The van der Waals surface area contributed by atoms with Crippen LogP contribution in [0.4, 0.5) is 0 Å². The van der Waals surface area contributed by atoms with Crippen LogP contribution < -0.4 is 0 Å². The highest BCUT2D eigenvalue weighted by Gasteiger charge is 2.54. The quantitative estimate of drug-likeness (QED) is 0.501. The van der Waals surface area contributed by atoms with E-state index in [1.54, 1.807) is 18.5 Å². The van der Waals surface area contributed by atoms with E-state index in [-0.39, 0.29) is 43.2 Å². The van der Waals surface area contributed by atoms with E-state index in [9.17, 15) is 14.4 Å². The Hall–Kier alpha value is -3.06. The number of ether oxygens (including phenoxy) is 1. The van der Waals surface area contributed by atoms with Crippen LogP contribution in [0.15, 0.2) is 48.8 Å². The molecule has 1 aromatic heterocycles. The minimum atomic E-state index is -1.20. The number of aryl methyl sites for hydroxylation is 1. The Kier molecular flexibility index (Phi) is 7.19. The number of carbonyl (C=O) groups excluding carboxylic acids is 3. The van der Waals surface area contributed by atoms with Gasteiger partial charge in [0.25, 0.3) is 0 Å². The summed E-state index contributed by atoms with van der Waals surface area (Å²) >= 11 is 0. The van der Waals surface area contributed by atoms with E-state index < -0.39 is 5.41 Å². The largest absolute Gasteiger partial charge is 0.376 e. The second-order valence-corrected chi connectivity index (χ2v) is 10.6. The topological polar surface area (TPSA) is 79.8 Å². The summed E-state index contributed by atoms with van der Waals surface area (Å²) in [6.07, 6.45) is 8.81. The van der Waals surface area contributed by atoms with Crippen molar-refractivity contribution < 1.29 is 19.1 Å².